The summed E-state index contributed by atoms with van der Waals surface area (Å²) in [6, 6.07) is 6.62. The van der Waals surface area contributed by atoms with Crippen LogP contribution >= 0.6 is 11.6 Å². The van der Waals surface area contributed by atoms with Crippen molar-refractivity contribution in [2.24, 2.45) is 0 Å². The van der Waals surface area contributed by atoms with Crippen molar-refractivity contribution in [3.8, 4) is 5.88 Å². The van der Waals surface area contributed by atoms with Crippen LogP contribution in [-0.4, -0.2) is 14.7 Å². The fraction of sp³-hybridized carbons (Fsp3) is 0.0833. The van der Waals surface area contributed by atoms with Crippen LogP contribution in [0.25, 0.3) is 16.8 Å². The van der Waals surface area contributed by atoms with Crippen LogP contribution in [0.15, 0.2) is 39.9 Å². The SMILES string of the molecule is Cc1cc(-n2cnc3cc(Cl)ccc3c2=O)on1. The lowest BCUT2D eigenvalue weighted by Gasteiger charge is -2.02. The highest BCUT2D eigenvalue weighted by Gasteiger charge is 2.09. The monoisotopic (exact) mass is 261 g/mol. The van der Waals surface area contributed by atoms with E-state index in [4.69, 9.17) is 16.1 Å². The summed E-state index contributed by atoms with van der Waals surface area (Å²) in [4.78, 5) is 16.4. The van der Waals surface area contributed by atoms with Gasteiger partial charge in [-0.05, 0) is 25.1 Å². The van der Waals surface area contributed by atoms with Crippen LogP contribution in [0.1, 0.15) is 5.69 Å². The van der Waals surface area contributed by atoms with Gasteiger partial charge in [-0.3, -0.25) is 4.79 Å². The lowest BCUT2D eigenvalue weighted by Crippen LogP contribution is -2.18. The maximum absolute atomic E-state index is 12.2. The van der Waals surface area contributed by atoms with Crippen molar-refractivity contribution in [2.75, 3.05) is 0 Å². The fourth-order valence-corrected chi connectivity index (χ4v) is 1.88. The second-order valence-corrected chi connectivity index (χ2v) is 4.32. The van der Waals surface area contributed by atoms with E-state index in [2.05, 4.69) is 10.1 Å². The number of halogens is 1. The van der Waals surface area contributed by atoms with Crippen LogP contribution in [-0.2, 0) is 0 Å². The number of aryl methyl sites for hydroxylation is 1. The molecule has 0 bridgehead atoms. The lowest BCUT2D eigenvalue weighted by molar-refractivity contribution is 0.399. The van der Waals surface area contributed by atoms with E-state index in [1.54, 1.807) is 31.2 Å². The van der Waals surface area contributed by atoms with E-state index >= 15 is 0 Å². The number of rotatable bonds is 1. The largest absolute Gasteiger partial charge is 0.338 e. The number of hydrogen-bond acceptors (Lipinski definition) is 4. The summed E-state index contributed by atoms with van der Waals surface area (Å²) in [7, 11) is 0. The van der Waals surface area contributed by atoms with E-state index in [9.17, 15) is 4.79 Å². The van der Waals surface area contributed by atoms with Gasteiger partial charge in [0.1, 0.15) is 6.33 Å². The van der Waals surface area contributed by atoms with Gasteiger partial charge in [0.2, 0.25) is 5.88 Å². The smallest absolute Gasteiger partial charge is 0.268 e. The normalized spacial score (nSPS) is 11.0. The minimum Gasteiger partial charge on any atom is -0.338 e. The Morgan fingerprint density at radius 3 is 2.89 bits per heavy atom. The van der Waals surface area contributed by atoms with E-state index in [1.165, 1.54) is 10.9 Å². The molecule has 90 valence electrons. The third-order valence-electron chi connectivity index (χ3n) is 2.57. The predicted octanol–water partition coefficient (Wildman–Crippen LogP) is 2.34. The van der Waals surface area contributed by atoms with Gasteiger partial charge in [-0.15, -0.1) is 0 Å². The molecule has 0 aliphatic rings. The van der Waals surface area contributed by atoms with Crippen molar-refractivity contribution < 1.29 is 4.52 Å². The summed E-state index contributed by atoms with van der Waals surface area (Å²) < 4.78 is 6.37. The Balaban J connectivity index is 2.30. The molecule has 0 saturated heterocycles. The Morgan fingerprint density at radius 2 is 2.17 bits per heavy atom. The van der Waals surface area contributed by atoms with Crippen LogP contribution in [0.5, 0.6) is 0 Å². The van der Waals surface area contributed by atoms with Crippen molar-refractivity contribution in [2.45, 2.75) is 6.92 Å². The number of aromatic nitrogens is 3. The molecule has 0 atom stereocenters. The first kappa shape index (κ1) is 11.0. The quantitative estimate of drug-likeness (QED) is 0.674. The molecular formula is C12H8ClN3O2. The molecule has 6 heteroatoms. The molecule has 3 rings (SSSR count). The maximum atomic E-state index is 12.2. The van der Waals surface area contributed by atoms with Gasteiger partial charge in [-0.1, -0.05) is 16.8 Å². The second-order valence-electron chi connectivity index (χ2n) is 3.89. The number of benzene rings is 1. The Hall–Kier alpha value is -2.14. The van der Waals surface area contributed by atoms with Crippen molar-refractivity contribution in [3.05, 3.63) is 51.7 Å². The summed E-state index contributed by atoms with van der Waals surface area (Å²) in [5.74, 6) is 0.349. The van der Waals surface area contributed by atoms with Crippen molar-refractivity contribution in [3.63, 3.8) is 0 Å². The minimum absolute atomic E-state index is 0.215. The van der Waals surface area contributed by atoms with Gasteiger partial charge in [-0.25, -0.2) is 9.55 Å². The van der Waals surface area contributed by atoms with Gasteiger partial charge in [0, 0.05) is 11.1 Å². The molecule has 0 N–H and O–H groups in total. The molecule has 0 fully saturated rings. The van der Waals surface area contributed by atoms with Gasteiger partial charge < -0.3 is 4.52 Å². The Bertz CT molecular complexity index is 791. The average molecular weight is 262 g/mol. The fourth-order valence-electron chi connectivity index (χ4n) is 1.72. The average Bonchev–Trinajstić information content (AvgIpc) is 2.76. The summed E-state index contributed by atoms with van der Waals surface area (Å²) in [6.45, 7) is 1.78. The zero-order valence-corrected chi connectivity index (χ0v) is 10.2. The molecule has 0 unspecified atom stereocenters. The standard InChI is InChI=1S/C12H8ClN3O2/c1-7-4-11(18-15-7)16-6-14-10-5-8(13)2-3-9(10)12(16)17/h2-6H,1H3. The first-order valence-corrected chi connectivity index (χ1v) is 5.63. The third-order valence-corrected chi connectivity index (χ3v) is 2.81. The summed E-state index contributed by atoms with van der Waals surface area (Å²) in [6.07, 6.45) is 1.40. The van der Waals surface area contributed by atoms with Gasteiger partial charge in [-0.2, -0.15) is 0 Å². The number of fused-ring (bicyclic) bond motifs is 1. The Labute approximate surface area is 107 Å². The zero-order chi connectivity index (χ0) is 12.7. The van der Waals surface area contributed by atoms with E-state index in [0.717, 1.165) is 0 Å². The van der Waals surface area contributed by atoms with E-state index in [1.807, 2.05) is 0 Å². The molecule has 2 aromatic heterocycles. The minimum atomic E-state index is -0.215. The third kappa shape index (κ3) is 1.69. The van der Waals surface area contributed by atoms with Gasteiger partial charge >= 0.3 is 0 Å². The van der Waals surface area contributed by atoms with Crippen LogP contribution in [0, 0.1) is 6.92 Å². The van der Waals surface area contributed by atoms with E-state index in [0.29, 0.717) is 27.5 Å². The molecule has 0 amide bonds. The molecular weight excluding hydrogens is 254 g/mol. The van der Waals surface area contributed by atoms with E-state index < -0.39 is 0 Å². The van der Waals surface area contributed by atoms with Gasteiger partial charge in [0.25, 0.3) is 5.56 Å². The highest BCUT2D eigenvalue weighted by molar-refractivity contribution is 6.31. The highest BCUT2D eigenvalue weighted by atomic mass is 35.5. The Kier molecular flexibility index (Phi) is 2.41. The molecule has 0 aliphatic carbocycles. The topological polar surface area (TPSA) is 60.9 Å². The van der Waals surface area contributed by atoms with Crippen molar-refractivity contribution in [1.82, 2.24) is 14.7 Å². The van der Waals surface area contributed by atoms with Crippen LogP contribution < -0.4 is 5.56 Å². The first-order chi connectivity index (χ1) is 8.65. The summed E-state index contributed by atoms with van der Waals surface area (Å²) >= 11 is 5.85. The summed E-state index contributed by atoms with van der Waals surface area (Å²) in [5.41, 5.74) is 1.04. The second kappa shape index (κ2) is 3.96. The molecule has 5 nitrogen and oxygen atoms in total. The van der Waals surface area contributed by atoms with Gasteiger partial charge in [0.15, 0.2) is 0 Å². The molecule has 0 aliphatic heterocycles. The zero-order valence-electron chi connectivity index (χ0n) is 9.42. The van der Waals surface area contributed by atoms with Crippen LogP contribution in [0.2, 0.25) is 5.02 Å². The predicted molar refractivity (Wildman–Crippen MR) is 67.1 cm³/mol. The molecule has 18 heavy (non-hydrogen) atoms. The van der Waals surface area contributed by atoms with Crippen LogP contribution in [0.3, 0.4) is 0 Å². The summed E-state index contributed by atoms with van der Waals surface area (Å²) in [5, 5.41) is 4.77. The first-order valence-electron chi connectivity index (χ1n) is 5.26. The maximum Gasteiger partial charge on any atom is 0.268 e. The number of hydrogen-bond donors (Lipinski definition) is 0. The van der Waals surface area contributed by atoms with Crippen molar-refractivity contribution >= 4 is 22.5 Å². The van der Waals surface area contributed by atoms with Gasteiger partial charge in [0.05, 0.1) is 16.6 Å². The van der Waals surface area contributed by atoms with Crippen molar-refractivity contribution in [1.29, 1.82) is 0 Å². The number of nitrogens with zero attached hydrogens (tertiary/aromatic N) is 3. The highest BCUT2D eigenvalue weighted by Crippen LogP contribution is 2.15. The van der Waals surface area contributed by atoms with E-state index in [-0.39, 0.29) is 5.56 Å². The molecule has 0 saturated carbocycles. The molecule has 3 aromatic rings. The Morgan fingerprint density at radius 1 is 1.33 bits per heavy atom. The molecule has 2 heterocycles. The molecule has 1 aromatic carbocycles. The molecule has 0 spiro atoms. The van der Waals surface area contributed by atoms with Crippen LogP contribution in [0.4, 0.5) is 0 Å². The lowest BCUT2D eigenvalue weighted by atomic mass is 10.2. The molecule has 0 radical (unpaired) electrons.